The highest BCUT2D eigenvalue weighted by Gasteiger charge is 2.44. The summed E-state index contributed by atoms with van der Waals surface area (Å²) in [6.07, 6.45) is 2.77. The van der Waals surface area contributed by atoms with E-state index in [2.05, 4.69) is 17.6 Å². The number of likely N-dealkylation sites (tertiary alicyclic amines) is 1. The SMILES string of the molecule is CCCCN1C[C@@H](C(=O)N[C@@H](Cc2cc(F)cc(F)c2)[C@H](O)[C@H]2C[C@@H](OCC)CCN2)[C@H](CC)C1=O. The number of nitrogens with one attached hydrogen (secondary N) is 2. The fourth-order valence-corrected chi connectivity index (χ4v) is 5.51. The molecule has 1 aromatic carbocycles. The van der Waals surface area contributed by atoms with Gasteiger partial charge < -0.3 is 25.4 Å². The fourth-order valence-electron chi connectivity index (χ4n) is 5.51. The lowest BCUT2D eigenvalue weighted by Gasteiger charge is -2.37. The standard InChI is InChI=1S/C27H41F2N3O4/c1-4-7-10-32-16-22(21(5-2)27(32)35)26(34)31-24(13-17-11-18(28)14-19(29)12-17)25(33)23-15-20(36-6-3)8-9-30-23/h11-12,14,20-25,30,33H,4-10,13,15-16H2,1-3H3,(H,31,34)/t20-,21-,22+,23+,24-,25+/m0/s1. The molecule has 3 N–H and O–H groups in total. The average molecular weight is 510 g/mol. The van der Waals surface area contributed by atoms with Crippen LogP contribution in [-0.4, -0.2) is 72.4 Å². The number of unbranched alkanes of at least 4 members (excludes halogenated alkanes) is 1. The molecular weight excluding hydrogens is 468 g/mol. The maximum Gasteiger partial charge on any atom is 0.226 e. The zero-order valence-electron chi connectivity index (χ0n) is 21.6. The van der Waals surface area contributed by atoms with Gasteiger partial charge in [0.1, 0.15) is 11.6 Å². The van der Waals surface area contributed by atoms with Gasteiger partial charge in [-0.15, -0.1) is 0 Å². The van der Waals surface area contributed by atoms with E-state index in [-0.39, 0.29) is 30.4 Å². The third kappa shape index (κ3) is 7.23. The molecule has 0 spiro atoms. The van der Waals surface area contributed by atoms with Crippen LogP contribution >= 0.6 is 0 Å². The molecule has 202 valence electrons. The Kier molecular flexibility index (Phi) is 10.6. The molecule has 1 aromatic rings. The molecule has 2 amide bonds. The molecule has 2 aliphatic heterocycles. The second-order valence-corrected chi connectivity index (χ2v) is 10.0. The van der Waals surface area contributed by atoms with Gasteiger partial charge in [-0.3, -0.25) is 9.59 Å². The number of benzene rings is 1. The maximum absolute atomic E-state index is 13.9. The van der Waals surface area contributed by atoms with Crippen molar-refractivity contribution in [1.29, 1.82) is 0 Å². The van der Waals surface area contributed by atoms with Crippen molar-refractivity contribution < 1.29 is 28.2 Å². The van der Waals surface area contributed by atoms with Crippen molar-refractivity contribution in [1.82, 2.24) is 15.5 Å². The number of amides is 2. The molecule has 0 aromatic heterocycles. The van der Waals surface area contributed by atoms with Gasteiger partial charge in [-0.25, -0.2) is 8.78 Å². The summed E-state index contributed by atoms with van der Waals surface area (Å²) in [6.45, 7) is 8.06. The minimum Gasteiger partial charge on any atom is -0.389 e. The lowest BCUT2D eigenvalue weighted by Crippen LogP contribution is -2.58. The summed E-state index contributed by atoms with van der Waals surface area (Å²) in [6, 6.07) is 2.07. The molecule has 2 aliphatic rings. The maximum atomic E-state index is 13.9. The van der Waals surface area contributed by atoms with E-state index in [1.54, 1.807) is 4.90 Å². The van der Waals surface area contributed by atoms with Crippen LogP contribution in [0.4, 0.5) is 8.78 Å². The number of carbonyl (C=O) groups excluding carboxylic acids is 2. The van der Waals surface area contributed by atoms with Gasteiger partial charge in [-0.05, 0) is 63.3 Å². The van der Waals surface area contributed by atoms with Crippen molar-refractivity contribution in [2.24, 2.45) is 11.8 Å². The minimum atomic E-state index is -1.02. The summed E-state index contributed by atoms with van der Waals surface area (Å²) >= 11 is 0. The van der Waals surface area contributed by atoms with Crippen molar-refractivity contribution in [3.8, 4) is 0 Å². The van der Waals surface area contributed by atoms with Crippen molar-refractivity contribution in [3.05, 3.63) is 35.4 Å². The molecule has 0 aliphatic carbocycles. The molecule has 6 atom stereocenters. The zero-order chi connectivity index (χ0) is 26.2. The summed E-state index contributed by atoms with van der Waals surface area (Å²) in [5.74, 6) is -2.70. The normalized spacial score (nSPS) is 26.2. The first-order valence-electron chi connectivity index (χ1n) is 13.3. The Bertz CT molecular complexity index is 864. The van der Waals surface area contributed by atoms with E-state index in [1.807, 2.05) is 13.8 Å². The Hall–Kier alpha value is -2.10. The number of ether oxygens (including phenoxy) is 1. The number of aliphatic hydroxyl groups excluding tert-OH is 1. The van der Waals surface area contributed by atoms with Gasteiger partial charge in [0.15, 0.2) is 0 Å². The van der Waals surface area contributed by atoms with Crippen molar-refractivity contribution in [3.63, 3.8) is 0 Å². The average Bonchev–Trinajstić information content (AvgIpc) is 3.16. The second kappa shape index (κ2) is 13.4. The molecule has 2 saturated heterocycles. The first-order valence-corrected chi connectivity index (χ1v) is 13.3. The summed E-state index contributed by atoms with van der Waals surface area (Å²) in [5, 5.41) is 17.6. The number of piperidine rings is 1. The molecule has 2 heterocycles. The van der Waals surface area contributed by atoms with Crippen LogP contribution in [0.25, 0.3) is 0 Å². The monoisotopic (exact) mass is 509 g/mol. The smallest absolute Gasteiger partial charge is 0.226 e. The van der Waals surface area contributed by atoms with Crippen LogP contribution in [0.2, 0.25) is 0 Å². The Balaban J connectivity index is 1.79. The van der Waals surface area contributed by atoms with Crippen LogP contribution in [-0.2, 0) is 20.7 Å². The molecule has 0 bridgehead atoms. The minimum absolute atomic E-state index is 0.0103. The second-order valence-electron chi connectivity index (χ2n) is 10.0. The van der Waals surface area contributed by atoms with E-state index in [0.29, 0.717) is 44.6 Å². The van der Waals surface area contributed by atoms with E-state index in [1.165, 1.54) is 12.1 Å². The summed E-state index contributed by atoms with van der Waals surface area (Å²) < 4.78 is 33.6. The number of hydrogen-bond donors (Lipinski definition) is 3. The highest BCUT2D eigenvalue weighted by Crippen LogP contribution is 2.29. The number of nitrogens with zero attached hydrogens (tertiary/aromatic N) is 1. The molecule has 0 radical (unpaired) electrons. The molecule has 36 heavy (non-hydrogen) atoms. The van der Waals surface area contributed by atoms with Crippen LogP contribution in [0.5, 0.6) is 0 Å². The van der Waals surface area contributed by atoms with E-state index in [0.717, 1.165) is 25.3 Å². The summed E-state index contributed by atoms with van der Waals surface area (Å²) in [7, 11) is 0. The highest BCUT2D eigenvalue weighted by molar-refractivity contribution is 5.91. The van der Waals surface area contributed by atoms with E-state index >= 15 is 0 Å². The van der Waals surface area contributed by atoms with E-state index in [9.17, 15) is 23.5 Å². The lowest BCUT2D eigenvalue weighted by molar-refractivity contribution is -0.134. The molecule has 3 rings (SSSR count). The van der Waals surface area contributed by atoms with Gasteiger partial charge in [-0.1, -0.05) is 20.3 Å². The number of rotatable bonds is 12. The van der Waals surface area contributed by atoms with Gasteiger partial charge in [0.2, 0.25) is 11.8 Å². The Labute approximate surface area is 213 Å². The molecule has 2 fully saturated rings. The molecule has 9 heteroatoms. The third-order valence-corrected chi connectivity index (χ3v) is 7.41. The van der Waals surface area contributed by atoms with E-state index < -0.39 is 35.6 Å². The molecule has 7 nitrogen and oxygen atoms in total. The van der Waals surface area contributed by atoms with Gasteiger partial charge in [0.05, 0.1) is 30.1 Å². The first-order chi connectivity index (χ1) is 17.3. The first kappa shape index (κ1) is 28.5. The summed E-state index contributed by atoms with van der Waals surface area (Å²) in [5.41, 5.74) is 0.341. The lowest BCUT2D eigenvalue weighted by atomic mass is 9.88. The largest absolute Gasteiger partial charge is 0.389 e. The van der Waals surface area contributed by atoms with Crippen LogP contribution in [0.15, 0.2) is 18.2 Å². The Morgan fingerprint density at radius 1 is 1.25 bits per heavy atom. The van der Waals surface area contributed by atoms with Gasteiger partial charge in [0.25, 0.3) is 0 Å². The zero-order valence-corrected chi connectivity index (χ0v) is 21.6. The molecular formula is C27H41F2N3O4. The number of hydrogen-bond acceptors (Lipinski definition) is 5. The van der Waals surface area contributed by atoms with Gasteiger partial charge in [0, 0.05) is 31.8 Å². The topological polar surface area (TPSA) is 90.9 Å². The van der Waals surface area contributed by atoms with Gasteiger partial charge >= 0.3 is 0 Å². The van der Waals surface area contributed by atoms with Gasteiger partial charge in [-0.2, -0.15) is 0 Å². The van der Waals surface area contributed by atoms with E-state index in [4.69, 9.17) is 4.74 Å². The van der Waals surface area contributed by atoms with Crippen LogP contribution in [0.3, 0.4) is 0 Å². The van der Waals surface area contributed by atoms with Crippen LogP contribution in [0.1, 0.15) is 58.4 Å². The third-order valence-electron chi connectivity index (χ3n) is 7.41. The number of carbonyl (C=O) groups is 2. The Morgan fingerprint density at radius 3 is 2.61 bits per heavy atom. The van der Waals surface area contributed by atoms with Crippen molar-refractivity contribution in [2.75, 3.05) is 26.2 Å². The fraction of sp³-hybridized carbons (Fsp3) is 0.704. The predicted molar refractivity (Wildman–Crippen MR) is 133 cm³/mol. The van der Waals surface area contributed by atoms with Crippen molar-refractivity contribution in [2.45, 2.75) is 83.6 Å². The molecule has 0 saturated carbocycles. The molecule has 0 unspecified atom stereocenters. The Morgan fingerprint density at radius 2 is 1.97 bits per heavy atom. The quantitative estimate of drug-likeness (QED) is 0.403. The predicted octanol–water partition coefficient (Wildman–Crippen LogP) is 2.79. The van der Waals surface area contributed by atoms with Crippen LogP contribution < -0.4 is 10.6 Å². The highest BCUT2D eigenvalue weighted by atomic mass is 19.1. The van der Waals surface area contributed by atoms with Crippen LogP contribution in [0, 0.1) is 23.5 Å². The number of halogens is 2. The van der Waals surface area contributed by atoms with Crippen molar-refractivity contribution >= 4 is 11.8 Å². The summed E-state index contributed by atoms with van der Waals surface area (Å²) in [4.78, 5) is 28.1. The number of aliphatic hydroxyl groups is 1.